The number of carbonyl (C=O) groups is 1. The van der Waals surface area contributed by atoms with Crippen LogP contribution in [0, 0.1) is 10.1 Å². The second kappa shape index (κ2) is 9.32. The van der Waals surface area contributed by atoms with Crippen molar-refractivity contribution < 1.29 is 19.4 Å². The molecule has 1 fully saturated rings. The van der Waals surface area contributed by atoms with Gasteiger partial charge >= 0.3 is 0 Å². The van der Waals surface area contributed by atoms with Crippen LogP contribution in [0.2, 0.25) is 0 Å². The van der Waals surface area contributed by atoms with E-state index in [0.29, 0.717) is 17.3 Å². The van der Waals surface area contributed by atoms with Crippen LogP contribution < -0.4 is 9.64 Å². The van der Waals surface area contributed by atoms with E-state index in [-0.39, 0.29) is 11.6 Å². The van der Waals surface area contributed by atoms with Gasteiger partial charge in [0.2, 0.25) is 0 Å². The lowest BCUT2D eigenvalue weighted by Crippen LogP contribution is -3.12. The second-order valence-electron chi connectivity index (χ2n) is 7.54. The number of nitro benzene ring substituents is 1. The fourth-order valence-corrected chi connectivity index (χ4v) is 4.27. The molecule has 1 amide bonds. The van der Waals surface area contributed by atoms with E-state index in [4.69, 9.17) is 4.74 Å². The number of piperazine rings is 1. The molecule has 2 heterocycles. The summed E-state index contributed by atoms with van der Waals surface area (Å²) in [6, 6.07) is 13.7. The third kappa shape index (κ3) is 5.31. The number of rotatable bonds is 5. The number of non-ortho nitro benzene ring substituents is 1. The smallest absolute Gasteiger partial charge is 0.286 e. The summed E-state index contributed by atoms with van der Waals surface area (Å²) in [5, 5.41) is 11.5. The van der Waals surface area contributed by atoms with E-state index >= 15 is 0 Å². The van der Waals surface area contributed by atoms with Gasteiger partial charge in [-0.05, 0) is 53.2 Å². The quantitative estimate of drug-likeness (QED) is 0.435. The molecule has 0 spiro atoms. The number of ether oxygens (including phenoxy) is 1. The van der Waals surface area contributed by atoms with E-state index in [1.54, 1.807) is 12.1 Å². The number of benzene rings is 2. The molecule has 0 saturated carbocycles. The van der Waals surface area contributed by atoms with E-state index < -0.39 is 4.92 Å². The second-order valence-corrected chi connectivity index (χ2v) is 8.54. The summed E-state index contributed by atoms with van der Waals surface area (Å²) in [6.45, 7) is 4.25. The Morgan fingerprint density at radius 1 is 1.16 bits per heavy atom. The van der Waals surface area contributed by atoms with Gasteiger partial charge in [-0.25, -0.2) is 0 Å². The zero-order valence-electron chi connectivity index (χ0n) is 17.1. The van der Waals surface area contributed by atoms with Gasteiger partial charge < -0.3 is 14.5 Å². The SMILES string of the molecule is C[NH+]1CCN(C2=NC(=O)/C(=C/c3ccc(OCc4ccc([N+](=O)[O-])cc4)cc3)S2)CC1. The standard InChI is InChI=1S/C22H22N4O4S/c1-24-10-12-25(13-11-24)22-23-21(27)20(31-22)14-16-4-8-19(9-5-16)30-15-17-2-6-18(7-3-17)26(28)29/h2-9,14H,10-13,15H2,1H3/p+1/b20-14-. The highest BCUT2D eigenvalue weighted by atomic mass is 32.2. The molecule has 8 nitrogen and oxygen atoms in total. The lowest BCUT2D eigenvalue weighted by Gasteiger charge is -2.30. The minimum atomic E-state index is -0.425. The first kappa shape index (κ1) is 21.1. The first-order chi connectivity index (χ1) is 15.0. The highest BCUT2D eigenvalue weighted by Gasteiger charge is 2.28. The Kier molecular flexibility index (Phi) is 6.34. The van der Waals surface area contributed by atoms with Gasteiger partial charge in [0.15, 0.2) is 5.17 Å². The number of carbonyl (C=O) groups excluding carboxylic acids is 1. The molecule has 0 aromatic heterocycles. The van der Waals surface area contributed by atoms with Crippen molar-refractivity contribution in [2.45, 2.75) is 6.61 Å². The van der Waals surface area contributed by atoms with Crippen LogP contribution in [0.15, 0.2) is 58.4 Å². The summed E-state index contributed by atoms with van der Waals surface area (Å²) in [6.07, 6.45) is 1.85. The lowest BCUT2D eigenvalue weighted by molar-refractivity contribution is -0.883. The summed E-state index contributed by atoms with van der Waals surface area (Å²) in [4.78, 5) is 31.1. The van der Waals surface area contributed by atoms with E-state index in [0.717, 1.165) is 42.5 Å². The van der Waals surface area contributed by atoms with Crippen LogP contribution in [0.3, 0.4) is 0 Å². The maximum atomic E-state index is 12.3. The van der Waals surface area contributed by atoms with E-state index in [2.05, 4.69) is 16.9 Å². The monoisotopic (exact) mass is 439 g/mol. The first-order valence-electron chi connectivity index (χ1n) is 10.0. The molecule has 0 aliphatic carbocycles. The number of quaternary nitrogens is 1. The fourth-order valence-electron chi connectivity index (χ4n) is 3.31. The van der Waals surface area contributed by atoms with Gasteiger partial charge in [0.05, 0.1) is 43.1 Å². The topological polar surface area (TPSA) is 89.5 Å². The zero-order valence-corrected chi connectivity index (χ0v) is 17.9. The Labute approximate surface area is 184 Å². The maximum absolute atomic E-state index is 12.3. The number of likely N-dealkylation sites (N-methyl/N-ethyl adjacent to an activating group) is 1. The highest BCUT2D eigenvalue weighted by Crippen LogP contribution is 2.30. The van der Waals surface area contributed by atoms with Gasteiger partial charge in [0, 0.05) is 12.1 Å². The zero-order chi connectivity index (χ0) is 21.8. The molecule has 31 heavy (non-hydrogen) atoms. The van der Waals surface area contributed by atoms with Gasteiger partial charge in [0.25, 0.3) is 11.6 Å². The predicted molar refractivity (Wildman–Crippen MR) is 120 cm³/mol. The molecule has 2 aromatic carbocycles. The number of amides is 1. The number of nitrogens with zero attached hydrogens (tertiary/aromatic N) is 3. The molecule has 0 bridgehead atoms. The van der Waals surface area contributed by atoms with Crippen molar-refractivity contribution in [2.24, 2.45) is 4.99 Å². The molecular weight excluding hydrogens is 416 g/mol. The number of amidine groups is 1. The van der Waals surface area contributed by atoms with Crippen LogP contribution in [0.4, 0.5) is 5.69 Å². The molecule has 2 aromatic rings. The van der Waals surface area contributed by atoms with Crippen LogP contribution in [0.5, 0.6) is 5.75 Å². The molecule has 2 aliphatic rings. The first-order valence-corrected chi connectivity index (χ1v) is 10.8. The molecule has 0 radical (unpaired) electrons. The summed E-state index contributed by atoms with van der Waals surface area (Å²) < 4.78 is 5.75. The van der Waals surface area contributed by atoms with Gasteiger partial charge in [-0.15, -0.1) is 0 Å². The summed E-state index contributed by atoms with van der Waals surface area (Å²) in [5.74, 6) is 0.493. The Balaban J connectivity index is 1.33. The number of nitrogens with one attached hydrogen (secondary N) is 1. The van der Waals surface area contributed by atoms with Gasteiger partial charge in [-0.2, -0.15) is 4.99 Å². The predicted octanol–water partition coefficient (Wildman–Crippen LogP) is 1.97. The normalized spacial score (nSPS) is 18.4. The molecule has 1 N–H and O–H groups in total. The molecule has 160 valence electrons. The number of nitro groups is 1. The Morgan fingerprint density at radius 2 is 1.84 bits per heavy atom. The molecular formula is C22H23N4O4S+. The van der Waals surface area contributed by atoms with Crippen molar-refractivity contribution in [3.8, 4) is 5.75 Å². The van der Waals surface area contributed by atoms with Crippen molar-refractivity contribution in [3.63, 3.8) is 0 Å². The van der Waals surface area contributed by atoms with Crippen LogP contribution in [0.25, 0.3) is 6.08 Å². The number of aliphatic imine (C=N–C) groups is 1. The van der Waals surface area contributed by atoms with Gasteiger partial charge in [-0.1, -0.05) is 12.1 Å². The molecule has 4 rings (SSSR count). The molecule has 0 unspecified atom stereocenters. The van der Waals surface area contributed by atoms with Crippen LogP contribution in [-0.2, 0) is 11.4 Å². The van der Waals surface area contributed by atoms with Gasteiger partial charge in [-0.3, -0.25) is 14.9 Å². The van der Waals surface area contributed by atoms with E-state index in [1.165, 1.54) is 28.8 Å². The Morgan fingerprint density at radius 3 is 2.48 bits per heavy atom. The van der Waals surface area contributed by atoms with Crippen molar-refractivity contribution in [3.05, 3.63) is 74.7 Å². The van der Waals surface area contributed by atoms with Crippen molar-refractivity contribution in [1.82, 2.24) is 4.90 Å². The summed E-state index contributed by atoms with van der Waals surface area (Å²) in [7, 11) is 2.18. The molecule has 9 heteroatoms. The van der Waals surface area contributed by atoms with Crippen LogP contribution in [-0.4, -0.2) is 54.1 Å². The third-order valence-corrected chi connectivity index (χ3v) is 6.27. The number of thioether (sulfide) groups is 1. The minimum absolute atomic E-state index is 0.0568. The molecule has 0 atom stereocenters. The van der Waals surface area contributed by atoms with Crippen LogP contribution >= 0.6 is 11.8 Å². The van der Waals surface area contributed by atoms with Crippen molar-refractivity contribution >= 4 is 34.6 Å². The summed E-state index contributed by atoms with van der Waals surface area (Å²) >= 11 is 1.44. The minimum Gasteiger partial charge on any atom is -0.489 e. The maximum Gasteiger partial charge on any atom is 0.286 e. The van der Waals surface area contributed by atoms with Crippen LogP contribution in [0.1, 0.15) is 11.1 Å². The third-order valence-electron chi connectivity index (χ3n) is 5.23. The summed E-state index contributed by atoms with van der Waals surface area (Å²) in [5.41, 5.74) is 1.80. The van der Waals surface area contributed by atoms with Crippen molar-refractivity contribution in [1.29, 1.82) is 0 Å². The van der Waals surface area contributed by atoms with Gasteiger partial charge in [0.1, 0.15) is 12.4 Å². The Hall–Kier alpha value is -3.17. The lowest BCUT2D eigenvalue weighted by atomic mass is 10.2. The average molecular weight is 440 g/mol. The number of hydrogen-bond donors (Lipinski definition) is 1. The largest absolute Gasteiger partial charge is 0.489 e. The van der Waals surface area contributed by atoms with E-state index in [1.807, 2.05) is 30.3 Å². The number of hydrogen-bond acceptors (Lipinski definition) is 6. The highest BCUT2D eigenvalue weighted by molar-refractivity contribution is 8.18. The molecule has 1 saturated heterocycles. The van der Waals surface area contributed by atoms with Crippen molar-refractivity contribution in [2.75, 3.05) is 33.2 Å². The average Bonchev–Trinajstić information content (AvgIpc) is 3.14. The van der Waals surface area contributed by atoms with E-state index in [9.17, 15) is 14.9 Å². The Bertz CT molecular complexity index is 1030. The fraction of sp³-hybridized carbons (Fsp3) is 0.273. The molecule has 2 aliphatic heterocycles.